The van der Waals surface area contributed by atoms with Crippen molar-refractivity contribution in [1.29, 1.82) is 0 Å². The van der Waals surface area contributed by atoms with Crippen molar-refractivity contribution in [2.45, 2.75) is 12.2 Å². The Kier molecular flexibility index (Phi) is 3.23. The van der Waals surface area contributed by atoms with E-state index in [9.17, 15) is 17.6 Å². The van der Waals surface area contributed by atoms with E-state index < -0.39 is 11.7 Å². The number of anilines is 2. The Hall–Kier alpha value is -2.24. The molecule has 0 saturated heterocycles. The average Bonchev–Trinajstić information content (AvgIpc) is 2.46. The van der Waals surface area contributed by atoms with E-state index in [1.165, 1.54) is 18.2 Å². The van der Waals surface area contributed by atoms with Crippen LogP contribution >= 0.6 is 0 Å². The lowest BCUT2D eigenvalue weighted by atomic mass is 10.0. The fourth-order valence-electron chi connectivity index (χ4n) is 2.37. The summed E-state index contributed by atoms with van der Waals surface area (Å²) in [4.78, 5) is 0. The first-order valence-corrected chi connectivity index (χ1v) is 6.41. The monoisotopic (exact) mass is 296 g/mol. The molecule has 1 atom stereocenters. The molecule has 0 radical (unpaired) electrons. The normalized spacial score (nSPS) is 17.6. The van der Waals surface area contributed by atoms with Crippen LogP contribution in [0.4, 0.5) is 28.9 Å². The molecule has 6 heteroatoms. The second-order valence-corrected chi connectivity index (χ2v) is 4.86. The quantitative estimate of drug-likeness (QED) is 0.761. The molecule has 3 rings (SSSR count). The molecular weight excluding hydrogens is 284 g/mol. The Balaban J connectivity index is 1.83. The predicted octanol–water partition coefficient (Wildman–Crippen LogP) is 4.42. The zero-order valence-electron chi connectivity index (χ0n) is 10.8. The van der Waals surface area contributed by atoms with Crippen LogP contribution in [-0.2, 0) is 6.18 Å². The number of alkyl halides is 3. The van der Waals surface area contributed by atoms with E-state index in [1.54, 1.807) is 12.1 Å². The smallest absolute Gasteiger partial charge is 0.379 e. The van der Waals surface area contributed by atoms with Crippen LogP contribution in [0.2, 0.25) is 0 Å². The van der Waals surface area contributed by atoms with Crippen molar-refractivity contribution in [3.8, 4) is 0 Å². The van der Waals surface area contributed by atoms with Crippen LogP contribution < -0.4 is 10.6 Å². The van der Waals surface area contributed by atoms with Crippen LogP contribution in [0.3, 0.4) is 0 Å². The minimum Gasteiger partial charge on any atom is -0.379 e. The molecule has 0 fully saturated rings. The lowest BCUT2D eigenvalue weighted by Crippen LogP contribution is -2.26. The van der Waals surface area contributed by atoms with Crippen LogP contribution in [0.25, 0.3) is 0 Å². The Labute approximate surface area is 118 Å². The standard InChI is InChI=1S/C15H12F4N2/c16-11-2-1-3-12-14(11)20-8-13(21-12)9-4-6-10(7-5-9)15(17,18)19/h1-7,13,20-21H,8H2. The highest BCUT2D eigenvalue weighted by Crippen LogP contribution is 2.34. The summed E-state index contributed by atoms with van der Waals surface area (Å²) in [6.07, 6.45) is -4.34. The van der Waals surface area contributed by atoms with E-state index in [1.807, 2.05) is 0 Å². The van der Waals surface area contributed by atoms with Crippen LogP contribution in [0.5, 0.6) is 0 Å². The fraction of sp³-hybridized carbons (Fsp3) is 0.200. The Morgan fingerprint density at radius 1 is 1.00 bits per heavy atom. The highest BCUT2D eigenvalue weighted by Gasteiger charge is 2.30. The zero-order chi connectivity index (χ0) is 15.0. The van der Waals surface area contributed by atoms with Gasteiger partial charge in [0.2, 0.25) is 0 Å². The van der Waals surface area contributed by atoms with Crippen molar-refractivity contribution in [3.63, 3.8) is 0 Å². The average molecular weight is 296 g/mol. The highest BCUT2D eigenvalue weighted by atomic mass is 19.4. The molecule has 0 aliphatic carbocycles. The van der Waals surface area contributed by atoms with Gasteiger partial charge in [-0.25, -0.2) is 4.39 Å². The van der Waals surface area contributed by atoms with Crippen molar-refractivity contribution >= 4 is 11.4 Å². The first-order chi connectivity index (χ1) is 9.95. The van der Waals surface area contributed by atoms with Crippen molar-refractivity contribution in [3.05, 3.63) is 59.4 Å². The zero-order valence-corrected chi connectivity index (χ0v) is 10.8. The third-order valence-corrected chi connectivity index (χ3v) is 3.47. The number of rotatable bonds is 1. The maximum absolute atomic E-state index is 13.6. The number of nitrogens with one attached hydrogen (secondary N) is 2. The molecule has 2 N–H and O–H groups in total. The van der Waals surface area contributed by atoms with Gasteiger partial charge < -0.3 is 10.6 Å². The molecule has 1 aliphatic rings. The summed E-state index contributed by atoms with van der Waals surface area (Å²) in [6, 6.07) is 9.43. The number of para-hydroxylation sites is 1. The van der Waals surface area contributed by atoms with Crippen molar-refractivity contribution in [2.75, 3.05) is 17.2 Å². The largest absolute Gasteiger partial charge is 0.416 e. The van der Waals surface area contributed by atoms with Gasteiger partial charge in [-0.3, -0.25) is 0 Å². The van der Waals surface area contributed by atoms with Gasteiger partial charge in [-0.2, -0.15) is 13.2 Å². The van der Waals surface area contributed by atoms with Crippen molar-refractivity contribution in [1.82, 2.24) is 0 Å². The molecule has 0 aromatic heterocycles. The van der Waals surface area contributed by atoms with Crippen LogP contribution in [0.15, 0.2) is 42.5 Å². The number of fused-ring (bicyclic) bond motifs is 1. The number of hydrogen-bond acceptors (Lipinski definition) is 2. The SMILES string of the molecule is Fc1cccc2c1NCC(c1ccc(C(F)(F)F)cc1)N2. The Bertz CT molecular complexity index is 650. The van der Waals surface area contributed by atoms with Crippen LogP contribution in [-0.4, -0.2) is 6.54 Å². The van der Waals surface area contributed by atoms with Gasteiger partial charge in [-0.05, 0) is 29.8 Å². The maximum atomic E-state index is 13.6. The molecule has 0 amide bonds. The van der Waals surface area contributed by atoms with Crippen LogP contribution in [0, 0.1) is 5.82 Å². The highest BCUT2D eigenvalue weighted by molar-refractivity contribution is 5.72. The number of hydrogen-bond donors (Lipinski definition) is 2. The van der Waals surface area contributed by atoms with Gasteiger partial charge in [-0.1, -0.05) is 18.2 Å². The van der Waals surface area contributed by atoms with Gasteiger partial charge in [0, 0.05) is 6.54 Å². The van der Waals surface area contributed by atoms with Gasteiger partial charge >= 0.3 is 6.18 Å². The minimum absolute atomic E-state index is 0.207. The second kappa shape index (κ2) is 4.95. The molecule has 1 aliphatic heterocycles. The summed E-state index contributed by atoms with van der Waals surface area (Å²) >= 11 is 0. The summed E-state index contributed by atoms with van der Waals surface area (Å²) in [5.74, 6) is -0.356. The molecule has 0 bridgehead atoms. The summed E-state index contributed by atoms with van der Waals surface area (Å²) in [7, 11) is 0. The molecule has 0 saturated carbocycles. The third kappa shape index (κ3) is 2.66. The van der Waals surface area contributed by atoms with Gasteiger partial charge in [0.1, 0.15) is 5.82 Å². The lowest BCUT2D eigenvalue weighted by molar-refractivity contribution is -0.137. The second-order valence-electron chi connectivity index (χ2n) is 4.86. The summed E-state index contributed by atoms with van der Waals surface area (Å²) in [5.41, 5.74) is 1.03. The van der Waals surface area contributed by atoms with E-state index in [0.29, 0.717) is 23.5 Å². The molecule has 1 unspecified atom stereocenters. The minimum atomic E-state index is -4.34. The molecule has 2 aromatic carbocycles. The van der Waals surface area contributed by atoms with Crippen LogP contribution in [0.1, 0.15) is 17.2 Å². The first-order valence-electron chi connectivity index (χ1n) is 6.41. The Morgan fingerprint density at radius 2 is 1.71 bits per heavy atom. The van der Waals surface area contributed by atoms with E-state index in [4.69, 9.17) is 0 Å². The molecule has 110 valence electrons. The molecule has 1 heterocycles. The predicted molar refractivity (Wildman–Crippen MR) is 72.7 cm³/mol. The van der Waals surface area contributed by atoms with Crippen molar-refractivity contribution < 1.29 is 17.6 Å². The van der Waals surface area contributed by atoms with Gasteiger partial charge in [0.05, 0.1) is 23.0 Å². The molecule has 0 spiro atoms. The fourth-order valence-corrected chi connectivity index (χ4v) is 2.37. The van der Waals surface area contributed by atoms with Crippen molar-refractivity contribution in [2.24, 2.45) is 0 Å². The molecular formula is C15H12F4N2. The van der Waals surface area contributed by atoms with Gasteiger partial charge in [0.25, 0.3) is 0 Å². The molecule has 21 heavy (non-hydrogen) atoms. The number of benzene rings is 2. The first kappa shape index (κ1) is 13.7. The summed E-state index contributed by atoms with van der Waals surface area (Å²) in [5, 5.41) is 6.09. The Morgan fingerprint density at radius 3 is 2.38 bits per heavy atom. The van der Waals surface area contributed by atoms with Gasteiger partial charge in [0.15, 0.2) is 0 Å². The van der Waals surface area contributed by atoms with E-state index in [0.717, 1.165) is 12.1 Å². The summed E-state index contributed by atoms with van der Waals surface area (Å²) in [6.45, 7) is 0.402. The molecule has 2 aromatic rings. The summed E-state index contributed by atoms with van der Waals surface area (Å²) < 4.78 is 51.2. The molecule has 2 nitrogen and oxygen atoms in total. The maximum Gasteiger partial charge on any atom is 0.416 e. The van der Waals surface area contributed by atoms with Gasteiger partial charge in [-0.15, -0.1) is 0 Å². The third-order valence-electron chi connectivity index (χ3n) is 3.47. The van der Waals surface area contributed by atoms with E-state index in [2.05, 4.69) is 10.6 Å². The van der Waals surface area contributed by atoms with E-state index in [-0.39, 0.29) is 11.9 Å². The van der Waals surface area contributed by atoms with E-state index >= 15 is 0 Å². The number of halogens is 4. The topological polar surface area (TPSA) is 24.1 Å². The lowest BCUT2D eigenvalue weighted by Gasteiger charge is -2.29.